The predicted molar refractivity (Wildman–Crippen MR) is 83.2 cm³/mol. The fourth-order valence-corrected chi connectivity index (χ4v) is 3.69. The van der Waals surface area contributed by atoms with E-state index in [1.165, 1.54) is 30.6 Å². The van der Waals surface area contributed by atoms with Crippen LogP contribution in [0.1, 0.15) is 25.7 Å². The molecule has 0 bridgehead atoms. The number of hydrogen-bond donors (Lipinski definition) is 1. The molecule has 0 saturated carbocycles. The first kappa shape index (κ1) is 15.2. The predicted octanol–water partition coefficient (Wildman–Crippen LogP) is 3.98. The summed E-state index contributed by atoms with van der Waals surface area (Å²) in [4.78, 5) is 1.24. The van der Waals surface area contributed by atoms with Crippen molar-refractivity contribution in [1.82, 2.24) is 5.32 Å². The first-order valence-electron chi connectivity index (χ1n) is 6.95. The molecule has 1 saturated heterocycles. The summed E-state index contributed by atoms with van der Waals surface area (Å²) < 4.78 is 5.67. The maximum absolute atomic E-state index is 6.00. The number of benzene rings is 1. The van der Waals surface area contributed by atoms with Gasteiger partial charge in [0.1, 0.15) is 0 Å². The summed E-state index contributed by atoms with van der Waals surface area (Å²) in [6.07, 6.45) is 5.30. The second-order valence-corrected chi connectivity index (χ2v) is 6.50. The molecule has 0 amide bonds. The van der Waals surface area contributed by atoms with Crippen LogP contribution in [0.3, 0.4) is 0 Å². The van der Waals surface area contributed by atoms with Crippen LogP contribution >= 0.6 is 23.4 Å². The van der Waals surface area contributed by atoms with Crippen molar-refractivity contribution < 1.29 is 4.74 Å². The Hall–Kier alpha value is -0.220. The van der Waals surface area contributed by atoms with Crippen molar-refractivity contribution in [2.24, 2.45) is 0 Å². The minimum atomic E-state index is 0.493. The molecule has 1 aliphatic heterocycles. The molecule has 2 rings (SSSR count). The zero-order valence-corrected chi connectivity index (χ0v) is 13.0. The van der Waals surface area contributed by atoms with Gasteiger partial charge in [-0.05, 0) is 50.9 Å². The van der Waals surface area contributed by atoms with E-state index in [9.17, 15) is 0 Å². The molecule has 19 heavy (non-hydrogen) atoms. The van der Waals surface area contributed by atoms with E-state index >= 15 is 0 Å². The van der Waals surface area contributed by atoms with Crippen molar-refractivity contribution in [2.45, 2.75) is 42.7 Å². The molecule has 0 aliphatic carbocycles. The van der Waals surface area contributed by atoms with Crippen LogP contribution in [-0.4, -0.2) is 31.6 Å². The van der Waals surface area contributed by atoms with Crippen LogP contribution in [0.2, 0.25) is 5.02 Å². The fourth-order valence-electron chi connectivity index (χ4n) is 2.32. The van der Waals surface area contributed by atoms with E-state index in [0.29, 0.717) is 12.1 Å². The number of hydrogen-bond acceptors (Lipinski definition) is 3. The third-order valence-electron chi connectivity index (χ3n) is 3.52. The van der Waals surface area contributed by atoms with Gasteiger partial charge in [0.2, 0.25) is 0 Å². The first-order chi connectivity index (χ1) is 9.28. The quantitative estimate of drug-likeness (QED) is 0.770. The summed E-state index contributed by atoms with van der Waals surface area (Å²) in [5.74, 6) is 1.07. The van der Waals surface area contributed by atoms with E-state index in [2.05, 4.69) is 11.4 Å². The molecule has 0 spiro atoms. The van der Waals surface area contributed by atoms with Crippen molar-refractivity contribution in [1.29, 1.82) is 0 Å². The fraction of sp³-hybridized carbons (Fsp3) is 0.600. The Bertz CT molecular complexity index is 382. The minimum absolute atomic E-state index is 0.493. The number of nitrogens with one attached hydrogen (secondary N) is 1. The van der Waals surface area contributed by atoms with Gasteiger partial charge in [-0.25, -0.2) is 0 Å². The summed E-state index contributed by atoms with van der Waals surface area (Å²) >= 11 is 7.86. The zero-order valence-electron chi connectivity index (χ0n) is 11.4. The lowest BCUT2D eigenvalue weighted by molar-refractivity contribution is 0.100. The highest BCUT2D eigenvalue weighted by molar-refractivity contribution is 7.99. The van der Waals surface area contributed by atoms with Crippen molar-refractivity contribution >= 4 is 23.4 Å². The van der Waals surface area contributed by atoms with Crippen LogP contribution in [0, 0.1) is 0 Å². The molecule has 2 atom stereocenters. The third-order valence-corrected chi connectivity index (χ3v) is 4.91. The molecule has 1 N–H and O–H groups in total. The van der Waals surface area contributed by atoms with Gasteiger partial charge in [-0.3, -0.25) is 0 Å². The second-order valence-electron chi connectivity index (χ2n) is 4.97. The van der Waals surface area contributed by atoms with Gasteiger partial charge in [0.25, 0.3) is 0 Å². The normalized spacial score (nSPS) is 20.6. The molecule has 1 aromatic rings. The molecular weight excluding hydrogens is 278 g/mol. The summed E-state index contributed by atoms with van der Waals surface area (Å²) in [5, 5.41) is 4.21. The van der Waals surface area contributed by atoms with E-state index in [-0.39, 0.29) is 0 Å². The Morgan fingerprint density at radius 3 is 3.11 bits per heavy atom. The summed E-state index contributed by atoms with van der Waals surface area (Å²) in [6, 6.07) is 8.60. The lowest BCUT2D eigenvalue weighted by Crippen LogP contribution is -2.28. The van der Waals surface area contributed by atoms with E-state index in [4.69, 9.17) is 16.3 Å². The topological polar surface area (TPSA) is 21.3 Å². The highest BCUT2D eigenvalue weighted by atomic mass is 35.5. The third kappa shape index (κ3) is 5.35. The monoisotopic (exact) mass is 299 g/mol. The lowest BCUT2D eigenvalue weighted by atomic mass is 10.1. The van der Waals surface area contributed by atoms with E-state index in [0.717, 1.165) is 17.4 Å². The van der Waals surface area contributed by atoms with Gasteiger partial charge < -0.3 is 10.1 Å². The maximum atomic E-state index is 6.00. The number of rotatable bonds is 7. The number of halogens is 1. The molecular formula is C15H22ClNOS. The van der Waals surface area contributed by atoms with Crippen LogP contribution in [-0.2, 0) is 4.74 Å². The van der Waals surface area contributed by atoms with E-state index in [1.807, 2.05) is 37.0 Å². The highest BCUT2D eigenvalue weighted by Crippen LogP contribution is 2.24. The maximum Gasteiger partial charge on any atom is 0.0576 e. The summed E-state index contributed by atoms with van der Waals surface area (Å²) in [6.45, 7) is 0.951. The van der Waals surface area contributed by atoms with Gasteiger partial charge in [-0.15, -0.1) is 11.8 Å². The van der Waals surface area contributed by atoms with Gasteiger partial charge in [0.15, 0.2) is 0 Å². The smallest absolute Gasteiger partial charge is 0.0576 e. The molecule has 1 aromatic carbocycles. The van der Waals surface area contributed by atoms with Crippen LogP contribution in [0.25, 0.3) is 0 Å². The Labute approximate surface area is 125 Å². The average molecular weight is 300 g/mol. The van der Waals surface area contributed by atoms with Gasteiger partial charge in [-0.1, -0.05) is 17.7 Å². The molecule has 1 aliphatic rings. The van der Waals surface area contributed by atoms with Crippen LogP contribution in [0.15, 0.2) is 29.2 Å². The van der Waals surface area contributed by atoms with Gasteiger partial charge in [0.05, 0.1) is 6.10 Å². The van der Waals surface area contributed by atoms with Crippen molar-refractivity contribution in [3.63, 3.8) is 0 Å². The summed E-state index contributed by atoms with van der Waals surface area (Å²) in [5.41, 5.74) is 0. The van der Waals surface area contributed by atoms with Gasteiger partial charge in [0, 0.05) is 28.3 Å². The molecule has 106 valence electrons. The SMILES string of the molecule is CNC(CCC1CCCO1)CSc1cccc(Cl)c1. The Morgan fingerprint density at radius 2 is 2.42 bits per heavy atom. The minimum Gasteiger partial charge on any atom is -0.378 e. The first-order valence-corrected chi connectivity index (χ1v) is 8.31. The standard InChI is InChI=1S/C15H22ClNOS/c1-17-13(7-8-14-5-3-9-18-14)11-19-15-6-2-4-12(16)10-15/h2,4,6,10,13-14,17H,3,5,7-9,11H2,1H3. The van der Waals surface area contributed by atoms with Crippen LogP contribution < -0.4 is 5.32 Å². The molecule has 2 nitrogen and oxygen atoms in total. The number of thioether (sulfide) groups is 1. The van der Waals surface area contributed by atoms with Crippen LogP contribution in [0.4, 0.5) is 0 Å². The lowest BCUT2D eigenvalue weighted by Gasteiger charge is -2.18. The molecule has 1 fully saturated rings. The number of ether oxygens (including phenoxy) is 1. The van der Waals surface area contributed by atoms with Gasteiger partial charge in [-0.2, -0.15) is 0 Å². The molecule has 0 radical (unpaired) electrons. The Balaban J connectivity index is 1.72. The highest BCUT2D eigenvalue weighted by Gasteiger charge is 2.17. The van der Waals surface area contributed by atoms with Crippen LogP contribution in [0.5, 0.6) is 0 Å². The van der Waals surface area contributed by atoms with Crippen molar-refractivity contribution in [3.05, 3.63) is 29.3 Å². The summed E-state index contributed by atoms with van der Waals surface area (Å²) in [7, 11) is 2.04. The zero-order chi connectivity index (χ0) is 13.5. The Morgan fingerprint density at radius 1 is 1.53 bits per heavy atom. The molecule has 4 heteroatoms. The van der Waals surface area contributed by atoms with Crippen molar-refractivity contribution in [2.75, 3.05) is 19.4 Å². The van der Waals surface area contributed by atoms with Gasteiger partial charge >= 0.3 is 0 Å². The van der Waals surface area contributed by atoms with E-state index in [1.54, 1.807) is 0 Å². The molecule has 2 unspecified atom stereocenters. The molecule has 0 aromatic heterocycles. The Kier molecular flexibility index (Phi) is 6.51. The average Bonchev–Trinajstić information content (AvgIpc) is 2.92. The van der Waals surface area contributed by atoms with Crippen molar-refractivity contribution in [3.8, 4) is 0 Å². The second kappa shape index (κ2) is 8.15. The van der Waals surface area contributed by atoms with E-state index < -0.39 is 0 Å². The molecule has 1 heterocycles. The largest absolute Gasteiger partial charge is 0.378 e.